The molecule has 0 bridgehead atoms. The van der Waals surface area contributed by atoms with Crippen LogP contribution in [0.1, 0.15) is 0 Å². The lowest BCUT2D eigenvalue weighted by atomic mass is 10.2. The fourth-order valence-corrected chi connectivity index (χ4v) is 1.39. The van der Waals surface area contributed by atoms with Gasteiger partial charge in [-0.25, -0.2) is 18.7 Å². The third-order valence-electron chi connectivity index (χ3n) is 2.08. The molecule has 2 aromatic rings. The maximum atomic E-state index is 12.1. The first-order valence-corrected chi connectivity index (χ1v) is 4.69. The van der Waals surface area contributed by atoms with Gasteiger partial charge in [-0.1, -0.05) is 0 Å². The van der Waals surface area contributed by atoms with Crippen LogP contribution >= 0.6 is 0 Å². The van der Waals surface area contributed by atoms with Gasteiger partial charge in [0.05, 0.1) is 12.1 Å². The van der Waals surface area contributed by atoms with Gasteiger partial charge in [0.15, 0.2) is 0 Å². The van der Waals surface area contributed by atoms with E-state index in [9.17, 15) is 8.78 Å². The summed E-state index contributed by atoms with van der Waals surface area (Å²) in [5, 5.41) is 3.20. The Bertz CT molecular complexity index is 501. The summed E-state index contributed by atoms with van der Waals surface area (Å²) < 4.78 is 24.1. The number of benzene rings is 1. The molecule has 0 aliphatic heterocycles. The number of anilines is 2. The van der Waals surface area contributed by atoms with Crippen molar-refractivity contribution in [2.75, 3.05) is 17.6 Å². The first-order valence-electron chi connectivity index (χ1n) is 4.69. The second-order valence-corrected chi connectivity index (χ2v) is 3.27. The van der Waals surface area contributed by atoms with Gasteiger partial charge in [0, 0.05) is 11.1 Å². The van der Waals surface area contributed by atoms with E-state index in [1.54, 1.807) is 18.2 Å². The summed E-state index contributed by atoms with van der Waals surface area (Å²) in [7, 11) is 0. The molecular weight excluding hydrogens is 214 g/mol. The van der Waals surface area contributed by atoms with Crippen molar-refractivity contribution in [3.05, 3.63) is 24.5 Å². The second-order valence-electron chi connectivity index (χ2n) is 3.27. The number of hydrogen-bond acceptors (Lipinski definition) is 4. The summed E-state index contributed by atoms with van der Waals surface area (Å²) in [4.78, 5) is 7.92. The highest BCUT2D eigenvalue weighted by Gasteiger charge is 2.06. The quantitative estimate of drug-likeness (QED) is 0.781. The van der Waals surface area contributed by atoms with E-state index in [1.165, 1.54) is 6.33 Å². The van der Waals surface area contributed by atoms with Gasteiger partial charge in [0.25, 0.3) is 6.43 Å². The Morgan fingerprint density at radius 1 is 1.31 bits per heavy atom. The topological polar surface area (TPSA) is 63.8 Å². The fourth-order valence-electron chi connectivity index (χ4n) is 1.39. The monoisotopic (exact) mass is 224 g/mol. The Morgan fingerprint density at radius 2 is 2.12 bits per heavy atom. The van der Waals surface area contributed by atoms with E-state index in [0.29, 0.717) is 22.4 Å². The first kappa shape index (κ1) is 10.5. The first-order chi connectivity index (χ1) is 7.66. The van der Waals surface area contributed by atoms with E-state index in [2.05, 4.69) is 15.3 Å². The molecule has 0 radical (unpaired) electrons. The van der Waals surface area contributed by atoms with E-state index >= 15 is 0 Å². The average molecular weight is 224 g/mol. The molecule has 1 heterocycles. The number of fused-ring (bicyclic) bond motifs is 1. The number of aromatic nitrogens is 2. The normalized spacial score (nSPS) is 10.9. The Balaban J connectivity index is 2.40. The van der Waals surface area contributed by atoms with Gasteiger partial charge in [0.2, 0.25) is 0 Å². The molecule has 3 N–H and O–H groups in total. The maximum absolute atomic E-state index is 12.1. The van der Waals surface area contributed by atoms with E-state index in [0.717, 1.165) is 0 Å². The zero-order chi connectivity index (χ0) is 11.5. The van der Waals surface area contributed by atoms with Crippen molar-refractivity contribution in [3.63, 3.8) is 0 Å². The fraction of sp³-hybridized carbons (Fsp3) is 0.200. The number of rotatable bonds is 3. The van der Waals surface area contributed by atoms with Gasteiger partial charge < -0.3 is 11.1 Å². The molecule has 0 atom stereocenters. The third-order valence-corrected chi connectivity index (χ3v) is 2.08. The molecule has 4 nitrogen and oxygen atoms in total. The minimum Gasteiger partial charge on any atom is -0.399 e. The number of halogens is 2. The summed E-state index contributed by atoms with van der Waals surface area (Å²) in [5.74, 6) is 0.373. The summed E-state index contributed by atoms with van der Waals surface area (Å²) in [6, 6.07) is 5.08. The van der Waals surface area contributed by atoms with Crippen LogP contribution in [-0.4, -0.2) is 22.9 Å². The summed E-state index contributed by atoms with van der Waals surface area (Å²) in [6.07, 6.45) is -1.10. The van der Waals surface area contributed by atoms with Crippen molar-refractivity contribution in [2.45, 2.75) is 6.43 Å². The lowest BCUT2D eigenvalue weighted by Crippen LogP contribution is -2.11. The van der Waals surface area contributed by atoms with Crippen LogP contribution < -0.4 is 11.1 Å². The van der Waals surface area contributed by atoms with Crippen LogP contribution in [0.25, 0.3) is 10.9 Å². The zero-order valence-corrected chi connectivity index (χ0v) is 8.32. The molecule has 1 aromatic heterocycles. The van der Waals surface area contributed by atoms with Crippen LogP contribution in [0.15, 0.2) is 24.5 Å². The number of hydrogen-bond donors (Lipinski definition) is 2. The number of nitrogens with two attached hydrogens (primary N) is 1. The Morgan fingerprint density at radius 3 is 2.88 bits per heavy atom. The standard InChI is InChI=1S/C10H10F2N4/c11-9(12)4-14-10-7-3-6(13)1-2-8(7)15-5-16-10/h1-3,5,9H,4,13H2,(H,14,15,16). The molecule has 0 saturated carbocycles. The molecule has 1 aromatic carbocycles. The maximum Gasteiger partial charge on any atom is 0.255 e. The van der Waals surface area contributed by atoms with Crippen LogP contribution in [0, 0.1) is 0 Å². The van der Waals surface area contributed by atoms with Crippen molar-refractivity contribution in [2.24, 2.45) is 0 Å². The Labute approximate surface area is 90.5 Å². The molecular formula is C10H10F2N4. The molecule has 16 heavy (non-hydrogen) atoms. The molecule has 0 spiro atoms. The Kier molecular flexibility index (Phi) is 2.80. The number of nitrogens with zero attached hydrogens (tertiary/aromatic N) is 2. The molecule has 0 saturated heterocycles. The van der Waals surface area contributed by atoms with Crippen molar-refractivity contribution < 1.29 is 8.78 Å². The molecule has 84 valence electrons. The molecule has 0 aliphatic rings. The molecule has 0 unspecified atom stereocenters. The van der Waals surface area contributed by atoms with Crippen LogP contribution in [0.4, 0.5) is 20.3 Å². The SMILES string of the molecule is Nc1ccc2ncnc(NCC(F)F)c2c1. The van der Waals surface area contributed by atoms with Gasteiger partial charge in [-0.05, 0) is 18.2 Å². The average Bonchev–Trinajstić information content (AvgIpc) is 2.26. The number of nitrogen functional groups attached to an aromatic ring is 1. The van der Waals surface area contributed by atoms with Crippen molar-refractivity contribution in [3.8, 4) is 0 Å². The van der Waals surface area contributed by atoms with E-state index < -0.39 is 13.0 Å². The van der Waals surface area contributed by atoms with Gasteiger partial charge >= 0.3 is 0 Å². The van der Waals surface area contributed by atoms with E-state index in [4.69, 9.17) is 5.73 Å². The molecule has 0 aliphatic carbocycles. The van der Waals surface area contributed by atoms with Gasteiger partial charge in [0.1, 0.15) is 12.1 Å². The van der Waals surface area contributed by atoms with Gasteiger partial charge in [-0.3, -0.25) is 0 Å². The third kappa shape index (κ3) is 2.16. The lowest BCUT2D eigenvalue weighted by molar-refractivity contribution is 0.163. The molecule has 0 amide bonds. The van der Waals surface area contributed by atoms with Crippen molar-refractivity contribution in [1.29, 1.82) is 0 Å². The molecule has 6 heteroatoms. The zero-order valence-electron chi connectivity index (χ0n) is 8.32. The van der Waals surface area contributed by atoms with E-state index in [1.807, 2.05) is 0 Å². The second kappa shape index (κ2) is 4.26. The van der Waals surface area contributed by atoms with Crippen LogP contribution in [-0.2, 0) is 0 Å². The predicted molar refractivity (Wildman–Crippen MR) is 58.4 cm³/mol. The number of nitrogens with one attached hydrogen (secondary N) is 1. The summed E-state index contributed by atoms with van der Waals surface area (Å²) in [5.41, 5.74) is 6.83. The van der Waals surface area contributed by atoms with Crippen molar-refractivity contribution in [1.82, 2.24) is 9.97 Å². The summed E-state index contributed by atoms with van der Waals surface area (Å²) >= 11 is 0. The summed E-state index contributed by atoms with van der Waals surface area (Å²) in [6.45, 7) is -0.444. The van der Waals surface area contributed by atoms with Crippen LogP contribution in [0.2, 0.25) is 0 Å². The van der Waals surface area contributed by atoms with Crippen LogP contribution in [0.5, 0.6) is 0 Å². The minimum absolute atomic E-state index is 0.373. The largest absolute Gasteiger partial charge is 0.399 e. The van der Waals surface area contributed by atoms with E-state index in [-0.39, 0.29) is 0 Å². The highest BCUT2D eigenvalue weighted by atomic mass is 19.3. The van der Waals surface area contributed by atoms with Gasteiger partial charge in [-0.15, -0.1) is 0 Å². The highest BCUT2D eigenvalue weighted by molar-refractivity contribution is 5.91. The minimum atomic E-state index is -2.42. The Hall–Kier alpha value is -1.98. The highest BCUT2D eigenvalue weighted by Crippen LogP contribution is 2.21. The van der Waals surface area contributed by atoms with Gasteiger partial charge in [-0.2, -0.15) is 0 Å². The lowest BCUT2D eigenvalue weighted by Gasteiger charge is -2.07. The smallest absolute Gasteiger partial charge is 0.255 e. The van der Waals surface area contributed by atoms with Crippen LogP contribution in [0.3, 0.4) is 0 Å². The molecule has 2 rings (SSSR count). The van der Waals surface area contributed by atoms with Crippen molar-refractivity contribution >= 4 is 22.4 Å². The molecule has 0 fully saturated rings. The predicted octanol–water partition coefficient (Wildman–Crippen LogP) is 1.89. The number of alkyl halides is 2.